The Bertz CT molecular complexity index is 657. The third-order valence-electron chi connectivity index (χ3n) is 5.05. The summed E-state index contributed by atoms with van der Waals surface area (Å²) in [5.74, 6) is -0.223. The number of rotatable bonds is 3. The Morgan fingerprint density at radius 3 is 2.82 bits per heavy atom. The smallest absolute Gasteiger partial charge is 0.123 e. The molecule has 1 N–H and O–H groups in total. The third kappa shape index (κ3) is 2.78. The zero-order valence-corrected chi connectivity index (χ0v) is 13.1. The van der Waals surface area contributed by atoms with Crippen molar-refractivity contribution < 1.29 is 9.50 Å². The van der Waals surface area contributed by atoms with Crippen molar-refractivity contribution in [3.8, 4) is 0 Å². The van der Waals surface area contributed by atoms with E-state index in [4.69, 9.17) is 0 Å². The van der Waals surface area contributed by atoms with Gasteiger partial charge in [0.05, 0.1) is 12.6 Å². The second kappa shape index (κ2) is 5.81. The lowest BCUT2D eigenvalue weighted by molar-refractivity contribution is 0.0839. The Kier molecular flexibility index (Phi) is 4.00. The number of benzene rings is 1. The van der Waals surface area contributed by atoms with Crippen LogP contribution >= 0.6 is 0 Å². The number of hydrogen-bond acceptors (Lipinski definition) is 2. The van der Waals surface area contributed by atoms with Crippen LogP contribution in [0.1, 0.15) is 38.7 Å². The molecule has 0 aromatic heterocycles. The number of halogens is 1. The lowest BCUT2D eigenvalue weighted by atomic mass is 9.72. The van der Waals surface area contributed by atoms with E-state index in [-0.39, 0.29) is 17.3 Å². The monoisotopic (exact) mass is 299 g/mol. The molecule has 0 saturated heterocycles. The van der Waals surface area contributed by atoms with Crippen LogP contribution in [0.3, 0.4) is 0 Å². The van der Waals surface area contributed by atoms with Gasteiger partial charge in [-0.15, -0.1) is 0 Å². The summed E-state index contributed by atoms with van der Waals surface area (Å²) >= 11 is 0. The maximum atomic E-state index is 12.9. The molecule has 0 radical (unpaired) electrons. The van der Waals surface area contributed by atoms with E-state index in [9.17, 15) is 9.50 Å². The first-order valence-corrected chi connectivity index (χ1v) is 7.82. The molecule has 116 valence electrons. The van der Waals surface area contributed by atoms with Gasteiger partial charge in [-0.25, -0.2) is 4.39 Å². The molecule has 2 nitrogen and oxygen atoms in total. The van der Waals surface area contributed by atoms with E-state index in [0.29, 0.717) is 6.54 Å². The predicted octanol–water partition coefficient (Wildman–Crippen LogP) is 4.20. The minimum absolute atomic E-state index is 0.128. The normalized spacial score (nSPS) is 28.2. The minimum atomic E-state index is -0.257. The summed E-state index contributed by atoms with van der Waals surface area (Å²) < 4.78 is 12.9. The molecule has 2 atom stereocenters. The van der Waals surface area contributed by atoms with Gasteiger partial charge in [-0.3, -0.25) is 4.99 Å². The molecule has 2 aliphatic rings. The first kappa shape index (κ1) is 15.2. The van der Waals surface area contributed by atoms with Gasteiger partial charge in [0.25, 0.3) is 0 Å². The molecular weight excluding hydrogens is 277 g/mol. The lowest BCUT2D eigenvalue weighted by Crippen LogP contribution is -2.30. The van der Waals surface area contributed by atoms with Crippen molar-refractivity contribution in [3.63, 3.8) is 0 Å². The number of hydrogen-bond donors (Lipinski definition) is 1. The first-order valence-electron chi connectivity index (χ1n) is 7.82. The van der Waals surface area contributed by atoms with Crippen molar-refractivity contribution in [2.45, 2.75) is 45.8 Å². The Morgan fingerprint density at radius 2 is 2.09 bits per heavy atom. The number of aliphatic hydroxyl groups is 1. The van der Waals surface area contributed by atoms with E-state index < -0.39 is 0 Å². The van der Waals surface area contributed by atoms with Gasteiger partial charge in [0.1, 0.15) is 5.82 Å². The van der Waals surface area contributed by atoms with Gasteiger partial charge in [0.15, 0.2) is 0 Å². The summed E-state index contributed by atoms with van der Waals surface area (Å²) in [5, 5.41) is 10.3. The van der Waals surface area contributed by atoms with Crippen molar-refractivity contribution in [1.29, 1.82) is 0 Å². The maximum absolute atomic E-state index is 12.9. The summed E-state index contributed by atoms with van der Waals surface area (Å²) in [4.78, 5) is 4.50. The van der Waals surface area contributed by atoms with Gasteiger partial charge < -0.3 is 5.11 Å². The summed E-state index contributed by atoms with van der Waals surface area (Å²) in [6, 6.07) is 6.44. The maximum Gasteiger partial charge on any atom is 0.123 e. The van der Waals surface area contributed by atoms with E-state index in [1.165, 1.54) is 28.9 Å². The predicted molar refractivity (Wildman–Crippen MR) is 87.3 cm³/mol. The third-order valence-corrected chi connectivity index (χ3v) is 5.05. The average Bonchev–Trinajstić information content (AvgIpc) is 2.77. The largest absolute Gasteiger partial charge is 0.392 e. The van der Waals surface area contributed by atoms with Gasteiger partial charge in [0.2, 0.25) is 0 Å². The van der Waals surface area contributed by atoms with E-state index in [2.05, 4.69) is 24.9 Å². The highest BCUT2D eigenvalue weighted by Gasteiger charge is 2.43. The summed E-state index contributed by atoms with van der Waals surface area (Å²) in [7, 11) is 0. The molecule has 0 aliphatic heterocycles. The Morgan fingerprint density at radius 1 is 1.36 bits per heavy atom. The standard InChI is InChI=1S/C19H22FNO/c1-13-9-16-5-8-18(22)19(16,2)10-15(13)12-21-11-14-3-6-17(20)7-4-14/h3-4,6-7,9,12,18,22H,5,8,10-11H2,1-2H3/b21-12-. The van der Waals surface area contributed by atoms with Gasteiger partial charge in [-0.1, -0.05) is 30.7 Å². The summed E-state index contributed by atoms with van der Waals surface area (Å²) in [6.45, 7) is 4.81. The van der Waals surface area contributed by atoms with Crippen molar-refractivity contribution in [2.24, 2.45) is 10.4 Å². The molecule has 22 heavy (non-hydrogen) atoms. The molecule has 3 heteroatoms. The fourth-order valence-corrected chi connectivity index (χ4v) is 3.47. The molecule has 0 amide bonds. The van der Waals surface area contributed by atoms with Crippen LogP contribution in [0, 0.1) is 11.2 Å². The molecule has 2 unspecified atom stereocenters. The first-order chi connectivity index (χ1) is 10.5. The molecule has 1 aromatic carbocycles. The number of fused-ring (bicyclic) bond motifs is 1. The van der Waals surface area contributed by atoms with Crippen LogP contribution in [-0.2, 0) is 6.54 Å². The van der Waals surface area contributed by atoms with Gasteiger partial charge in [0, 0.05) is 11.6 Å². The zero-order chi connectivity index (χ0) is 15.7. The molecule has 0 spiro atoms. The average molecular weight is 299 g/mol. The van der Waals surface area contributed by atoms with E-state index in [1.54, 1.807) is 12.1 Å². The topological polar surface area (TPSA) is 32.6 Å². The van der Waals surface area contributed by atoms with Crippen molar-refractivity contribution in [2.75, 3.05) is 0 Å². The Balaban J connectivity index is 1.73. The number of allylic oxidation sites excluding steroid dienone is 3. The number of aliphatic hydroxyl groups excluding tert-OH is 1. The molecule has 1 saturated carbocycles. The van der Waals surface area contributed by atoms with Crippen LogP contribution in [0.4, 0.5) is 4.39 Å². The number of nitrogens with zero attached hydrogens (tertiary/aromatic N) is 1. The fourth-order valence-electron chi connectivity index (χ4n) is 3.47. The molecule has 1 aromatic rings. The quantitative estimate of drug-likeness (QED) is 0.833. The van der Waals surface area contributed by atoms with E-state index in [0.717, 1.165) is 24.8 Å². The fraction of sp³-hybridized carbons (Fsp3) is 0.421. The van der Waals surface area contributed by atoms with Gasteiger partial charge in [-0.05, 0) is 55.0 Å². The molecule has 0 bridgehead atoms. The van der Waals surface area contributed by atoms with Crippen molar-refractivity contribution in [3.05, 3.63) is 58.4 Å². The second-order valence-electron chi connectivity index (χ2n) is 6.62. The van der Waals surface area contributed by atoms with Crippen LogP contribution < -0.4 is 0 Å². The highest BCUT2D eigenvalue weighted by atomic mass is 19.1. The highest BCUT2D eigenvalue weighted by molar-refractivity contribution is 5.81. The van der Waals surface area contributed by atoms with Crippen LogP contribution in [-0.4, -0.2) is 17.4 Å². The van der Waals surface area contributed by atoms with Crippen LogP contribution in [0.25, 0.3) is 0 Å². The molecular formula is C19H22FNO. The molecule has 3 rings (SSSR count). The van der Waals surface area contributed by atoms with Crippen LogP contribution in [0.2, 0.25) is 0 Å². The van der Waals surface area contributed by atoms with Crippen molar-refractivity contribution in [1.82, 2.24) is 0 Å². The van der Waals surface area contributed by atoms with Crippen LogP contribution in [0.15, 0.2) is 52.1 Å². The molecule has 0 heterocycles. The SMILES string of the molecule is CC1=C(/C=N\Cc2ccc(F)cc2)CC2(C)C(=C1)CCC2O. The highest BCUT2D eigenvalue weighted by Crippen LogP contribution is 2.50. The Hall–Kier alpha value is -1.74. The van der Waals surface area contributed by atoms with E-state index >= 15 is 0 Å². The van der Waals surface area contributed by atoms with Gasteiger partial charge >= 0.3 is 0 Å². The number of aliphatic imine (C=N–C) groups is 1. The molecule has 1 fully saturated rings. The Labute approximate surface area is 131 Å². The van der Waals surface area contributed by atoms with Crippen LogP contribution in [0.5, 0.6) is 0 Å². The van der Waals surface area contributed by atoms with Gasteiger partial charge in [-0.2, -0.15) is 0 Å². The molecule has 2 aliphatic carbocycles. The van der Waals surface area contributed by atoms with Crippen molar-refractivity contribution >= 4 is 6.21 Å². The van der Waals surface area contributed by atoms with E-state index in [1.807, 2.05) is 6.21 Å². The summed E-state index contributed by atoms with van der Waals surface area (Å²) in [5.41, 5.74) is 4.67. The summed E-state index contributed by atoms with van der Waals surface area (Å²) in [6.07, 6.45) is 6.58. The lowest BCUT2D eigenvalue weighted by Gasteiger charge is -2.34. The minimum Gasteiger partial charge on any atom is -0.392 e. The second-order valence-corrected chi connectivity index (χ2v) is 6.62. The zero-order valence-electron chi connectivity index (χ0n) is 13.1.